The topological polar surface area (TPSA) is 68.5 Å². The second-order valence-corrected chi connectivity index (χ2v) is 4.79. The lowest BCUT2D eigenvalue weighted by atomic mass is 10.1. The van der Waals surface area contributed by atoms with Gasteiger partial charge in [-0.25, -0.2) is 4.79 Å². The van der Waals surface area contributed by atoms with Crippen LogP contribution in [-0.4, -0.2) is 5.37 Å². The van der Waals surface area contributed by atoms with Crippen LogP contribution in [0.15, 0.2) is 64.0 Å². The quantitative estimate of drug-likeness (QED) is 0.576. The van der Waals surface area contributed by atoms with Gasteiger partial charge in [-0.2, -0.15) is 0 Å². The van der Waals surface area contributed by atoms with Gasteiger partial charge in [0.15, 0.2) is 0 Å². The van der Waals surface area contributed by atoms with Crippen LogP contribution in [0.25, 0.3) is 10.8 Å². The largest absolute Gasteiger partial charge is 0.456 e. The van der Waals surface area contributed by atoms with Crippen molar-refractivity contribution < 1.29 is 13.9 Å². The van der Waals surface area contributed by atoms with Gasteiger partial charge in [0.1, 0.15) is 11.5 Å². The van der Waals surface area contributed by atoms with Crippen LogP contribution in [0.3, 0.4) is 0 Å². The summed E-state index contributed by atoms with van der Waals surface area (Å²) in [6.07, 6.45) is 1.27. The third-order valence-electron chi connectivity index (χ3n) is 3.02. The molecule has 1 N–H and O–H groups in total. The molecule has 6 heteroatoms. The van der Waals surface area contributed by atoms with Crippen molar-refractivity contribution in [1.29, 1.82) is 0 Å². The summed E-state index contributed by atoms with van der Waals surface area (Å²) < 4.78 is 10.4. The minimum absolute atomic E-state index is 0.371. The smallest absolute Gasteiger partial charge is 0.339 e. The van der Waals surface area contributed by atoms with Crippen molar-refractivity contribution in [3.05, 3.63) is 65.2 Å². The fourth-order valence-electron chi connectivity index (χ4n) is 2.13. The molecule has 22 heavy (non-hydrogen) atoms. The summed E-state index contributed by atoms with van der Waals surface area (Å²) in [4.78, 5) is 22.3. The van der Waals surface area contributed by atoms with Crippen molar-refractivity contribution in [2.45, 2.75) is 0 Å². The number of anilines is 1. The van der Waals surface area contributed by atoms with Crippen LogP contribution in [0.2, 0.25) is 0 Å². The SMILES string of the molecule is O=C(Cl)Nc1ccc(Oc2ccoc(=O)c2)c2ccccc12. The van der Waals surface area contributed by atoms with Gasteiger partial charge >= 0.3 is 11.0 Å². The van der Waals surface area contributed by atoms with Gasteiger partial charge in [-0.05, 0) is 23.7 Å². The zero-order valence-corrected chi connectivity index (χ0v) is 12.0. The highest BCUT2D eigenvalue weighted by atomic mass is 35.5. The molecule has 0 radical (unpaired) electrons. The highest BCUT2D eigenvalue weighted by Crippen LogP contribution is 2.34. The number of fused-ring (bicyclic) bond motifs is 1. The molecule has 0 atom stereocenters. The van der Waals surface area contributed by atoms with Crippen molar-refractivity contribution in [2.24, 2.45) is 0 Å². The molecule has 5 nitrogen and oxygen atoms in total. The molecule has 110 valence electrons. The molecule has 0 aliphatic carbocycles. The highest BCUT2D eigenvalue weighted by Gasteiger charge is 2.09. The Balaban J connectivity index is 2.07. The van der Waals surface area contributed by atoms with Gasteiger partial charge in [-0.1, -0.05) is 24.3 Å². The average Bonchev–Trinajstić information content (AvgIpc) is 2.49. The number of ether oxygens (including phenoxy) is 1. The lowest BCUT2D eigenvalue weighted by molar-refractivity contribution is 0.269. The summed E-state index contributed by atoms with van der Waals surface area (Å²) in [6.45, 7) is 0. The van der Waals surface area contributed by atoms with E-state index in [1.54, 1.807) is 18.2 Å². The van der Waals surface area contributed by atoms with Crippen LogP contribution >= 0.6 is 11.6 Å². The van der Waals surface area contributed by atoms with Gasteiger partial charge in [-0.15, -0.1) is 0 Å². The second-order valence-electron chi connectivity index (χ2n) is 4.44. The van der Waals surface area contributed by atoms with E-state index in [1.165, 1.54) is 12.3 Å². The Morgan fingerprint density at radius 1 is 1.09 bits per heavy atom. The number of hydrogen-bond acceptors (Lipinski definition) is 4. The first-order valence-electron chi connectivity index (χ1n) is 6.38. The summed E-state index contributed by atoms with van der Waals surface area (Å²) in [7, 11) is 0. The maximum atomic E-state index is 11.2. The molecule has 3 rings (SSSR count). The predicted octanol–water partition coefficient (Wildman–Crippen LogP) is 4.36. The van der Waals surface area contributed by atoms with Crippen LogP contribution in [0.1, 0.15) is 0 Å². The molecule has 0 fully saturated rings. The second kappa shape index (κ2) is 5.91. The van der Waals surface area contributed by atoms with E-state index in [0.717, 1.165) is 10.8 Å². The molecule has 0 unspecified atom stereocenters. The molecule has 1 amide bonds. The first-order valence-corrected chi connectivity index (χ1v) is 6.76. The lowest BCUT2D eigenvalue weighted by Crippen LogP contribution is -2.02. The molecule has 0 spiro atoms. The summed E-state index contributed by atoms with van der Waals surface area (Å²) in [5.41, 5.74) is 0.0864. The van der Waals surface area contributed by atoms with E-state index in [1.807, 2.05) is 24.3 Å². The molecular weight excluding hydrogens is 306 g/mol. The van der Waals surface area contributed by atoms with E-state index in [9.17, 15) is 9.59 Å². The monoisotopic (exact) mass is 315 g/mol. The van der Waals surface area contributed by atoms with E-state index in [0.29, 0.717) is 17.2 Å². The molecule has 3 aromatic rings. The van der Waals surface area contributed by atoms with Crippen LogP contribution in [0, 0.1) is 0 Å². The number of hydrogen-bond donors (Lipinski definition) is 1. The van der Waals surface area contributed by atoms with Gasteiger partial charge < -0.3 is 14.5 Å². The minimum atomic E-state index is -0.667. The molecule has 2 aromatic carbocycles. The Morgan fingerprint density at radius 3 is 2.59 bits per heavy atom. The Labute approximate surface area is 130 Å². The fourth-order valence-corrected chi connectivity index (χ4v) is 2.23. The molecule has 1 heterocycles. The fraction of sp³-hybridized carbons (Fsp3) is 0. The van der Waals surface area contributed by atoms with Gasteiger partial charge in [0.25, 0.3) is 0 Å². The maximum Gasteiger partial charge on any atom is 0.339 e. The van der Waals surface area contributed by atoms with Crippen molar-refractivity contribution >= 4 is 33.4 Å². The first-order chi connectivity index (χ1) is 10.6. The zero-order valence-electron chi connectivity index (χ0n) is 11.2. The molecule has 1 aromatic heterocycles. The van der Waals surface area contributed by atoms with Crippen molar-refractivity contribution in [3.8, 4) is 11.5 Å². The van der Waals surface area contributed by atoms with Crippen molar-refractivity contribution in [3.63, 3.8) is 0 Å². The number of carbonyl (C=O) groups is 1. The Morgan fingerprint density at radius 2 is 1.86 bits per heavy atom. The van der Waals surface area contributed by atoms with E-state index in [4.69, 9.17) is 16.3 Å². The summed E-state index contributed by atoms with van der Waals surface area (Å²) >= 11 is 5.37. The number of halogens is 1. The standard InChI is InChI=1S/C16H10ClNO4/c17-16(20)18-13-5-6-14(12-4-2-1-3-11(12)13)22-10-7-8-21-15(19)9-10/h1-9H,(H,18,20). The van der Waals surface area contributed by atoms with E-state index in [-0.39, 0.29) is 0 Å². The molecule has 0 saturated heterocycles. The van der Waals surface area contributed by atoms with E-state index >= 15 is 0 Å². The third-order valence-corrected chi connectivity index (χ3v) is 3.12. The zero-order chi connectivity index (χ0) is 15.5. The lowest BCUT2D eigenvalue weighted by Gasteiger charge is -2.11. The highest BCUT2D eigenvalue weighted by molar-refractivity contribution is 6.65. The molecule has 0 aliphatic heterocycles. The maximum absolute atomic E-state index is 11.2. The van der Waals surface area contributed by atoms with Crippen molar-refractivity contribution in [1.82, 2.24) is 0 Å². The van der Waals surface area contributed by atoms with Crippen molar-refractivity contribution in [2.75, 3.05) is 5.32 Å². The average molecular weight is 316 g/mol. The Hall–Kier alpha value is -2.79. The van der Waals surface area contributed by atoms with Gasteiger partial charge in [-0.3, -0.25) is 4.79 Å². The predicted molar refractivity (Wildman–Crippen MR) is 83.9 cm³/mol. The van der Waals surface area contributed by atoms with Crippen LogP contribution in [0.5, 0.6) is 11.5 Å². The molecule has 0 saturated carbocycles. The van der Waals surface area contributed by atoms with E-state index in [2.05, 4.69) is 9.73 Å². The Kier molecular flexibility index (Phi) is 3.80. The molecular formula is C16H10ClNO4. The summed E-state index contributed by atoms with van der Waals surface area (Å²) in [5.74, 6) is 0.921. The number of nitrogens with one attached hydrogen (secondary N) is 1. The van der Waals surface area contributed by atoms with Crippen LogP contribution in [0.4, 0.5) is 10.5 Å². The third kappa shape index (κ3) is 2.94. The van der Waals surface area contributed by atoms with Gasteiger partial charge in [0.05, 0.1) is 12.3 Å². The van der Waals surface area contributed by atoms with Gasteiger partial charge in [0, 0.05) is 22.5 Å². The van der Waals surface area contributed by atoms with Crippen LogP contribution in [-0.2, 0) is 0 Å². The first kappa shape index (κ1) is 14.2. The molecule has 0 aliphatic rings. The minimum Gasteiger partial charge on any atom is -0.456 e. The molecule has 0 bridgehead atoms. The number of benzene rings is 2. The number of rotatable bonds is 3. The normalized spacial score (nSPS) is 10.4. The summed E-state index contributed by atoms with van der Waals surface area (Å²) in [5, 5.41) is 3.44. The Bertz CT molecular complexity index is 904. The van der Waals surface area contributed by atoms with Crippen LogP contribution < -0.4 is 15.7 Å². The number of amides is 1. The van der Waals surface area contributed by atoms with Gasteiger partial charge in [0.2, 0.25) is 0 Å². The van der Waals surface area contributed by atoms with E-state index < -0.39 is 11.0 Å². The summed E-state index contributed by atoms with van der Waals surface area (Å²) in [6, 6.07) is 13.5. The number of carbonyl (C=O) groups excluding carboxylic acids is 1.